The van der Waals surface area contributed by atoms with E-state index in [2.05, 4.69) is 11.9 Å². The van der Waals surface area contributed by atoms with Crippen LogP contribution in [0.5, 0.6) is 5.75 Å². The first kappa shape index (κ1) is 11.0. The molecule has 0 aromatic heterocycles. The Balaban J connectivity index is 2.57. The topological polar surface area (TPSA) is 49.3 Å². The zero-order chi connectivity index (χ0) is 11.1. The van der Waals surface area contributed by atoms with E-state index in [0.717, 1.165) is 5.56 Å². The molecule has 2 N–H and O–H groups in total. The summed E-state index contributed by atoms with van der Waals surface area (Å²) in [5, 5.41) is 11.8. The highest BCUT2D eigenvalue weighted by Crippen LogP contribution is 2.11. The van der Waals surface area contributed by atoms with Crippen LogP contribution in [0.1, 0.15) is 5.56 Å². The number of rotatable bonds is 4. The molecular weight excluding hydrogens is 190 g/mol. The Hall–Kier alpha value is -2.03. The monoisotopic (exact) mass is 203 g/mol. The van der Waals surface area contributed by atoms with Gasteiger partial charge in [-0.25, -0.2) is 0 Å². The fraction of sp³-hybridized carbons (Fsp3) is 0.0833. The highest BCUT2D eigenvalue weighted by molar-refractivity contribution is 5.91. The van der Waals surface area contributed by atoms with Crippen molar-refractivity contribution < 1.29 is 9.90 Å². The van der Waals surface area contributed by atoms with Gasteiger partial charge in [0, 0.05) is 12.6 Å². The summed E-state index contributed by atoms with van der Waals surface area (Å²) in [6, 6.07) is 6.68. The summed E-state index contributed by atoms with van der Waals surface area (Å²) in [6.07, 6.45) is 4.66. The third kappa shape index (κ3) is 4.13. The lowest BCUT2D eigenvalue weighted by atomic mass is 10.2. The second kappa shape index (κ2) is 5.65. The maximum absolute atomic E-state index is 11.2. The van der Waals surface area contributed by atoms with Crippen molar-refractivity contribution in [3.8, 4) is 5.75 Å². The molecule has 0 heterocycles. The van der Waals surface area contributed by atoms with Crippen molar-refractivity contribution in [2.45, 2.75) is 0 Å². The number of phenolic OH excluding ortho intramolecular Hbond substituents is 1. The summed E-state index contributed by atoms with van der Waals surface area (Å²) in [7, 11) is 0. The SMILES string of the molecule is C=CCNC(=O)/C=C/c1cccc(O)c1. The smallest absolute Gasteiger partial charge is 0.244 e. The number of carbonyl (C=O) groups excluding carboxylic acids is 1. The normalized spacial score (nSPS) is 10.1. The molecule has 1 amide bonds. The highest BCUT2D eigenvalue weighted by Gasteiger charge is 1.93. The standard InChI is InChI=1S/C12H13NO2/c1-2-8-13-12(15)7-6-10-4-3-5-11(14)9-10/h2-7,9,14H,1,8H2,(H,13,15)/b7-6+. The average molecular weight is 203 g/mol. The summed E-state index contributed by atoms with van der Waals surface area (Å²) < 4.78 is 0. The van der Waals surface area contributed by atoms with Gasteiger partial charge in [-0.05, 0) is 23.8 Å². The van der Waals surface area contributed by atoms with Crippen LogP contribution in [0.4, 0.5) is 0 Å². The quantitative estimate of drug-likeness (QED) is 0.578. The van der Waals surface area contributed by atoms with Crippen molar-refractivity contribution in [2.24, 2.45) is 0 Å². The number of amides is 1. The zero-order valence-corrected chi connectivity index (χ0v) is 8.31. The minimum absolute atomic E-state index is 0.182. The molecule has 1 aromatic carbocycles. The van der Waals surface area contributed by atoms with E-state index >= 15 is 0 Å². The van der Waals surface area contributed by atoms with E-state index in [1.165, 1.54) is 6.08 Å². The molecule has 0 aliphatic carbocycles. The Kier molecular flexibility index (Phi) is 4.16. The van der Waals surface area contributed by atoms with Gasteiger partial charge in [0.15, 0.2) is 0 Å². The van der Waals surface area contributed by atoms with Crippen LogP contribution in [0.2, 0.25) is 0 Å². The zero-order valence-electron chi connectivity index (χ0n) is 8.31. The predicted octanol–water partition coefficient (Wildman–Crippen LogP) is 1.71. The lowest BCUT2D eigenvalue weighted by molar-refractivity contribution is -0.116. The molecule has 0 bridgehead atoms. The van der Waals surface area contributed by atoms with E-state index in [-0.39, 0.29) is 11.7 Å². The van der Waals surface area contributed by atoms with Crippen LogP contribution in [0.15, 0.2) is 43.0 Å². The van der Waals surface area contributed by atoms with Crippen molar-refractivity contribution >= 4 is 12.0 Å². The molecule has 0 aliphatic heterocycles. The summed E-state index contributed by atoms with van der Waals surface area (Å²) in [5.41, 5.74) is 0.781. The third-order valence-electron chi connectivity index (χ3n) is 1.72. The average Bonchev–Trinajstić information content (AvgIpc) is 2.23. The van der Waals surface area contributed by atoms with Gasteiger partial charge >= 0.3 is 0 Å². The number of hydrogen-bond donors (Lipinski definition) is 2. The maximum Gasteiger partial charge on any atom is 0.244 e. The van der Waals surface area contributed by atoms with Crippen molar-refractivity contribution in [1.82, 2.24) is 5.32 Å². The summed E-state index contributed by atoms with van der Waals surface area (Å²) in [5.74, 6) is 0.00175. The van der Waals surface area contributed by atoms with E-state index in [1.54, 1.807) is 36.4 Å². The Bertz CT molecular complexity index is 383. The van der Waals surface area contributed by atoms with Crippen LogP contribution in [-0.4, -0.2) is 17.6 Å². The van der Waals surface area contributed by atoms with Crippen LogP contribution >= 0.6 is 0 Å². The first-order chi connectivity index (χ1) is 7.22. The van der Waals surface area contributed by atoms with Crippen LogP contribution in [0.25, 0.3) is 6.08 Å². The van der Waals surface area contributed by atoms with Gasteiger partial charge in [0.2, 0.25) is 5.91 Å². The molecule has 0 saturated heterocycles. The number of nitrogens with one attached hydrogen (secondary N) is 1. The molecule has 0 spiro atoms. The lowest BCUT2D eigenvalue weighted by Gasteiger charge is -1.96. The number of hydrogen-bond acceptors (Lipinski definition) is 2. The van der Waals surface area contributed by atoms with Gasteiger partial charge in [0.05, 0.1) is 0 Å². The minimum atomic E-state index is -0.182. The molecular formula is C12H13NO2. The molecule has 0 radical (unpaired) electrons. The molecule has 3 heteroatoms. The van der Waals surface area contributed by atoms with Gasteiger partial charge in [-0.1, -0.05) is 18.2 Å². The Labute approximate surface area is 88.7 Å². The minimum Gasteiger partial charge on any atom is -0.508 e. The van der Waals surface area contributed by atoms with Gasteiger partial charge in [-0.15, -0.1) is 6.58 Å². The van der Waals surface area contributed by atoms with Crippen LogP contribution in [-0.2, 0) is 4.79 Å². The van der Waals surface area contributed by atoms with E-state index < -0.39 is 0 Å². The maximum atomic E-state index is 11.2. The molecule has 0 unspecified atom stereocenters. The van der Waals surface area contributed by atoms with Crippen molar-refractivity contribution in [1.29, 1.82) is 0 Å². The van der Waals surface area contributed by atoms with Crippen LogP contribution in [0.3, 0.4) is 0 Å². The van der Waals surface area contributed by atoms with E-state index in [4.69, 9.17) is 0 Å². The predicted molar refractivity (Wildman–Crippen MR) is 60.3 cm³/mol. The molecule has 1 aromatic rings. The number of carbonyl (C=O) groups is 1. The Morgan fingerprint density at radius 1 is 1.53 bits per heavy atom. The van der Waals surface area contributed by atoms with Crippen molar-refractivity contribution in [3.05, 3.63) is 48.6 Å². The first-order valence-electron chi connectivity index (χ1n) is 4.58. The van der Waals surface area contributed by atoms with Gasteiger partial charge in [-0.3, -0.25) is 4.79 Å². The van der Waals surface area contributed by atoms with Crippen LogP contribution < -0.4 is 5.32 Å². The number of benzene rings is 1. The fourth-order valence-electron chi connectivity index (χ4n) is 1.03. The second-order valence-corrected chi connectivity index (χ2v) is 2.96. The summed E-state index contributed by atoms with van der Waals surface area (Å²) >= 11 is 0. The van der Waals surface area contributed by atoms with E-state index in [0.29, 0.717) is 6.54 Å². The molecule has 0 fully saturated rings. The van der Waals surface area contributed by atoms with E-state index in [1.807, 2.05) is 0 Å². The molecule has 0 aliphatic rings. The van der Waals surface area contributed by atoms with Gasteiger partial charge < -0.3 is 10.4 Å². The first-order valence-corrected chi connectivity index (χ1v) is 4.58. The molecule has 0 saturated carbocycles. The molecule has 15 heavy (non-hydrogen) atoms. The van der Waals surface area contributed by atoms with Gasteiger partial charge in [0.1, 0.15) is 5.75 Å². The molecule has 78 valence electrons. The van der Waals surface area contributed by atoms with Gasteiger partial charge in [0.25, 0.3) is 0 Å². The van der Waals surface area contributed by atoms with Crippen molar-refractivity contribution in [3.63, 3.8) is 0 Å². The third-order valence-corrected chi connectivity index (χ3v) is 1.72. The summed E-state index contributed by atoms with van der Waals surface area (Å²) in [4.78, 5) is 11.2. The summed E-state index contributed by atoms with van der Waals surface area (Å²) in [6.45, 7) is 3.94. The molecule has 3 nitrogen and oxygen atoms in total. The van der Waals surface area contributed by atoms with Gasteiger partial charge in [-0.2, -0.15) is 0 Å². The van der Waals surface area contributed by atoms with Crippen molar-refractivity contribution in [2.75, 3.05) is 6.54 Å². The fourth-order valence-corrected chi connectivity index (χ4v) is 1.03. The Morgan fingerprint density at radius 2 is 2.33 bits per heavy atom. The highest BCUT2D eigenvalue weighted by atomic mass is 16.3. The molecule has 1 rings (SSSR count). The molecule has 0 atom stereocenters. The van der Waals surface area contributed by atoms with E-state index in [9.17, 15) is 9.90 Å². The second-order valence-electron chi connectivity index (χ2n) is 2.96. The largest absolute Gasteiger partial charge is 0.508 e. The van der Waals surface area contributed by atoms with Crippen LogP contribution in [0, 0.1) is 0 Å². The lowest BCUT2D eigenvalue weighted by Crippen LogP contribution is -2.20. The Morgan fingerprint density at radius 3 is 3.00 bits per heavy atom. The number of phenols is 1. The number of aromatic hydroxyl groups is 1.